The van der Waals surface area contributed by atoms with Crippen molar-refractivity contribution >= 4 is 11.8 Å². The highest BCUT2D eigenvalue weighted by atomic mass is 16.2. The topological polar surface area (TPSA) is 58.2 Å². The molecule has 4 nitrogen and oxygen atoms in total. The van der Waals surface area contributed by atoms with Gasteiger partial charge in [-0.15, -0.1) is 0 Å². The van der Waals surface area contributed by atoms with E-state index in [1.54, 1.807) is 0 Å². The van der Waals surface area contributed by atoms with E-state index < -0.39 is 0 Å². The number of carbonyl (C=O) groups is 2. The van der Waals surface area contributed by atoms with Crippen LogP contribution in [0.2, 0.25) is 0 Å². The molecule has 0 spiro atoms. The first-order valence-corrected chi connectivity index (χ1v) is 10.4. The van der Waals surface area contributed by atoms with Crippen molar-refractivity contribution in [2.24, 2.45) is 0 Å². The van der Waals surface area contributed by atoms with Gasteiger partial charge in [0.25, 0.3) is 0 Å². The van der Waals surface area contributed by atoms with Gasteiger partial charge in [0.1, 0.15) is 0 Å². The molecule has 2 N–H and O–H groups in total. The smallest absolute Gasteiger partial charge is 0.220 e. The Morgan fingerprint density at radius 1 is 0.679 bits per heavy atom. The van der Waals surface area contributed by atoms with Gasteiger partial charge in [-0.3, -0.25) is 9.59 Å². The second-order valence-electron chi connectivity index (χ2n) is 7.60. The molecule has 2 atom stereocenters. The maximum atomic E-state index is 12.4. The highest BCUT2D eigenvalue weighted by Crippen LogP contribution is 2.19. The highest BCUT2D eigenvalue weighted by Gasteiger charge is 2.27. The van der Waals surface area contributed by atoms with Gasteiger partial charge in [-0.05, 0) is 36.8 Å². The number of amides is 2. The second kappa shape index (κ2) is 10.6. The fourth-order valence-corrected chi connectivity index (χ4v) is 3.84. The van der Waals surface area contributed by atoms with Crippen LogP contribution in [-0.4, -0.2) is 23.9 Å². The first-order valence-electron chi connectivity index (χ1n) is 10.4. The number of aryl methyl sites for hydroxylation is 2. The van der Waals surface area contributed by atoms with Crippen molar-refractivity contribution in [1.82, 2.24) is 10.6 Å². The van der Waals surface area contributed by atoms with Crippen LogP contribution in [0.25, 0.3) is 0 Å². The van der Waals surface area contributed by atoms with Crippen LogP contribution in [0.15, 0.2) is 60.7 Å². The van der Waals surface area contributed by atoms with Crippen LogP contribution in [0.4, 0.5) is 0 Å². The number of rotatable bonds is 8. The number of carbonyl (C=O) groups excluding carboxylic acids is 2. The molecule has 0 aliphatic heterocycles. The van der Waals surface area contributed by atoms with Crippen molar-refractivity contribution in [3.8, 4) is 0 Å². The minimum Gasteiger partial charge on any atom is -0.351 e. The highest BCUT2D eigenvalue weighted by molar-refractivity contribution is 5.78. The van der Waals surface area contributed by atoms with E-state index in [2.05, 4.69) is 10.6 Å². The van der Waals surface area contributed by atoms with Crippen LogP contribution in [-0.2, 0) is 22.4 Å². The summed E-state index contributed by atoms with van der Waals surface area (Å²) < 4.78 is 0. The van der Waals surface area contributed by atoms with E-state index in [1.165, 1.54) is 11.1 Å². The lowest BCUT2D eigenvalue weighted by Crippen LogP contribution is -2.53. The molecule has 1 aliphatic rings. The van der Waals surface area contributed by atoms with E-state index in [9.17, 15) is 9.59 Å². The van der Waals surface area contributed by atoms with Crippen molar-refractivity contribution in [1.29, 1.82) is 0 Å². The van der Waals surface area contributed by atoms with Gasteiger partial charge in [0, 0.05) is 24.9 Å². The summed E-state index contributed by atoms with van der Waals surface area (Å²) in [6.07, 6.45) is 6.51. The largest absolute Gasteiger partial charge is 0.351 e. The Kier molecular flexibility index (Phi) is 7.65. The molecule has 1 aliphatic carbocycles. The molecule has 2 aromatic carbocycles. The fourth-order valence-electron chi connectivity index (χ4n) is 3.84. The summed E-state index contributed by atoms with van der Waals surface area (Å²) in [6.45, 7) is 0. The molecule has 1 saturated carbocycles. The predicted molar refractivity (Wildman–Crippen MR) is 112 cm³/mol. The normalized spacial score (nSPS) is 19.0. The molecule has 148 valence electrons. The molecular formula is C24H30N2O2. The second-order valence-corrected chi connectivity index (χ2v) is 7.60. The molecule has 1 fully saturated rings. The predicted octanol–water partition coefficient (Wildman–Crippen LogP) is 3.80. The number of nitrogens with one attached hydrogen (secondary N) is 2. The third kappa shape index (κ3) is 6.52. The molecule has 3 rings (SSSR count). The van der Waals surface area contributed by atoms with Crippen molar-refractivity contribution in [2.45, 2.75) is 63.5 Å². The average Bonchev–Trinajstić information content (AvgIpc) is 2.74. The molecule has 0 saturated heterocycles. The Balaban J connectivity index is 1.45. The van der Waals surface area contributed by atoms with E-state index >= 15 is 0 Å². The van der Waals surface area contributed by atoms with Crippen LogP contribution in [0.5, 0.6) is 0 Å². The minimum atomic E-state index is 0.0395. The van der Waals surface area contributed by atoms with Gasteiger partial charge in [-0.1, -0.05) is 73.5 Å². The van der Waals surface area contributed by atoms with Crippen molar-refractivity contribution in [3.05, 3.63) is 71.8 Å². The molecule has 0 bridgehead atoms. The molecule has 2 aromatic rings. The molecular weight excluding hydrogens is 348 g/mol. The SMILES string of the molecule is O=C(CCc1ccccc1)N[C@@H]1CCCC[C@H]1NC(=O)CCc1ccccc1. The van der Waals surface area contributed by atoms with Gasteiger partial charge in [-0.2, -0.15) is 0 Å². The molecule has 0 unspecified atom stereocenters. The summed E-state index contributed by atoms with van der Waals surface area (Å²) >= 11 is 0. The van der Waals surface area contributed by atoms with Crippen molar-refractivity contribution in [2.75, 3.05) is 0 Å². The zero-order valence-electron chi connectivity index (χ0n) is 16.4. The molecule has 0 aromatic heterocycles. The lowest BCUT2D eigenvalue weighted by Gasteiger charge is -2.33. The first kappa shape index (κ1) is 20.1. The third-order valence-electron chi connectivity index (χ3n) is 5.43. The number of benzene rings is 2. The Morgan fingerprint density at radius 3 is 1.46 bits per heavy atom. The Hall–Kier alpha value is -2.62. The molecule has 2 amide bonds. The van der Waals surface area contributed by atoms with E-state index in [4.69, 9.17) is 0 Å². The standard InChI is InChI=1S/C24H30N2O2/c27-23(17-15-19-9-3-1-4-10-19)25-21-13-7-8-14-22(21)26-24(28)18-16-20-11-5-2-6-12-20/h1-6,9-12,21-22H,7-8,13-18H2,(H,25,27)(H,26,28)/t21-,22-/m1/s1. The quantitative estimate of drug-likeness (QED) is 0.734. The van der Waals surface area contributed by atoms with Gasteiger partial charge in [0.15, 0.2) is 0 Å². The lowest BCUT2D eigenvalue weighted by molar-refractivity contribution is -0.125. The summed E-state index contributed by atoms with van der Waals surface area (Å²) in [5.74, 6) is 0.138. The molecule has 4 heteroatoms. The van der Waals surface area contributed by atoms with Gasteiger partial charge in [-0.25, -0.2) is 0 Å². The number of hydrogen-bond acceptors (Lipinski definition) is 2. The zero-order valence-corrected chi connectivity index (χ0v) is 16.4. The molecule has 28 heavy (non-hydrogen) atoms. The van der Waals surface area contributed by atoms with Gasteiger partial charge < -0.3 is 10.6 Å². The van der Waals surface area contributed by atoms with Crippen LogP contribution < -0.4 is 10.6 Å². The summed E-state index contributed by atoms with van der Waals surface area (Å²) in [5.41, 5.74) is 2.35. The lowest BCUT2D eigenvalue weighted by atomic mass is 9.90. The first-order chi connectivity index (χ1) is 13.7. The maximum absolute atomic E-state index is 12.4. The van der Waals surface area contributed by atoms with Gasteiger partial charge in [0.05, 0.1) is 0 Å². The Bertz CT molecular complexity index is 680. The zero-order chi connectivity index (χ0) is 19.6. The molecule has 0 radical (unpaired) electrons. The third-order valence-corrected chi connectivity index (χ3v) is 5.43. The van der Waals surface area contributed by atoms with E-state index in [-0.39, 0.29) is 23.9 Å². The minimum absolute atomic E-state index is 0.0395. The van der Waals surface area contributed by atoms with Crippen LogP contribution in [0, 0.1) is 0 Å². The summed E-state index contributed by atoms with van der Waals surface area (Å²) in [5, 5.41) is 6.33. The van der Waals surface area contributed by atoms with Crippen LogP contribution in [0.3, 0.4) is 0 Å². The monoisotopic (exact) mass is 378 g/mol. The fraction of sp³-hybridized carbons (Fsp3) is 0.417. The molecule has 0 heterocycles. The summed E-state index contributed by atoms with van der Waals surface area (Å²) in [7, 11) is 0. The summed E-state index contributed by atoms with van der Waals surface area (Å²) in [6, 6.07) is 20.2. The van der Waals surface area contributed by atoms with Crippen molar-refractivity contribution in [3.63, 3.8) is 0 Å². The van der Waals surface area contributed by atoms with Crippen molar-refractivity contribution < 1.29 is 9.59 Å². The van der Waals surface area contributed by atoms with E-state index in [0.717, 1.165) is 38.5 Å². The summed E-state index contributed by atoms with van der Waals surface area (Å²) in [4.78, 5) is 24.8. The Morgan fingerprint density at radius 2 is 1.07 bits per heavy atom. The van der Waals surface area contributed by atoms with Crippen LogP contribution >= 0.6 is 0 Å². The van der Waals surface area contributed by atoms with Gasteiger partial charge >= 0.3 is 0 Å². The van der Waals surface area contributed by atoms with Crippen LogP contribution in [0.1, 0.15) is 49.7 Å². The van der Waals surface area contributed by atoms with E-state index in [0.29, 0.717) is 12.8 Å². The average molecular weight is 379 g/mol. The number of hydrogen-bond donors (Lipinski definition) is 2. The maximum Gasteiger partial charge on any atom is 0.220 e. The van der Waals surface area contributed by atoms with Gasteiger partial charge in [0.2, 0.25) is 11.8 Å². The Labute approximate surface area is 167 Å². The van der Waals surface area contributed by atoms with E-state index in [1.807, 2.05) is 60.7 Å².